The highest BCUT2D eigenvalue weighted by molar-refractivity contribution is 5.97. The highest BCUT2D eigenvalue weighted by Gasteiger charge is 2.19. The fourth-order valence-corrected chi connectivity index (χ4v) is 2.42. The number of hydrogen-bond donors (Lipinski definition) is 1. The quantitative estimate of drug-likeness (QED) is 0.891. The number of amides is 1. The number of aromatic nitrogens is 1. The summed E-state index contributed by atoms with van der Waals surface area (Å²) in [6.45, 7) is 2.07. The Hall–Kier alpha value is -1.88. The maximum Gasteiger partial charge on any atom is 0.251 e. The van der Waals surface area contributed by atoms with E-state index in [4.69, 9.17) is 4.42 Å². The summed E-state index contributed by atoms with van der Waals surface area (Å²) in [6, 6.07) is 5.61. The molecule has 0 atom stereocenters. The molecule has 1 amide bonds. The summed E-state index contributed by atoms with van der Waals surface area (Å²) in [4.78, 5) is 18.5. The molecule has 0 radical (unpaired) electrons. The van der Waals surface area contributed by atoms with Crippen molar-refractivity contribution in [1.82, 2.24) is 15.2 Å². The molecule has 1 fully saturated rings. The number of hydrogen-bond acceptors (Lipinski definition) is 4. The fraction of sp³-hybridized carbons (Fsp3) is 0.429. The number of piperidine rings is 1. The number of nitrogens with one attached hydrogen (secondary N) is 1. The second-order valence-corrected chi connectivity index (χ2v) is 5.09. The predicted octanol–water partition coefficient (Wildman–Crippen LogP) is 1.65. The largest absolute Gasteiger partial charge is 0.443 e. The van der Waals surface area contributed by atoms with Gasteiger partial charge in [-0.05, 0) is 51.2 Å². The van der Waals surface area contributed by atoms with Crippen molar-refractivity contribution in [1.29, 1.82) is 0 Å². The van der Waals surface area contributed by atoms with Gasteiger partial charge in [0.1, 0.15) is 5.52 Å². The molecule has 1 N–H and O–H groups in total. The van der Waals surface area contributed by atoms with Gasteiger partial charge in [0.2, 0.25) is 0 Å². The van der Waals surface area contributed by atoms with E-state index in [1.165, 1.54) is 6.39 Å². The van der Waals surface area contributed by atoms with E-state index in [0.29, 0.717) is 11.1 Å². The number of benzene rings is 1. The van der Waals surface area contributed by atoms with Crippen LogP contribution in [0.15, 0.2) is 29.0 Å². The molecule has 0 aliphatic carbocycles. The van der Waals surface area contributed by atoms with E-state index in [2.05, 4.69) is 22.2 Å². The van der Waals surface area contributed by atoms with Crippen LogP contribution < -0.4 is 5.32 Å². The molecular formula is C14H17N3O2. The Bertz CT molecular complexity index is 585. The number of oxazole rings is 1. The van der Waals surface area contributed by atoms with Gasteiger partial charge in [-0.1, -0.05) is 0 Å². The average molecular weight is 259 g/mol. The standard InChI is InChI=1S/C14H17N3O2/c1-17-6-4-11(5-7-17)16-14(18)10-2-3-12-13(8-10)19-9-15-12/h2-3,8-9,11H,4-7H2,1H3,(H,16,18). The van der Waals surface area contributed by atoms with Crippen LogP contribution in [0.2, 0.25) is 0 Å². The van der Waals surface area contributed by atoms with Crippen molar-refractivity contribution < 1.29 is 9.21 Å². The maximum atomic E-state index is 12.2. The van der Waals surface area contributed by atoms with Gasteiger partial charge in [0.25, 0.3) is 5.91 Å². The number of carbonyl (C=O) groups excluding carboxylic acids is 1. The van der Waals surface area contributed by atoms with Crippen molar-refractivity contribution in [2.24, 2.45) is 0 Å². The first-order valence-electron chi connectivity index (χ1n) is 6.55. The van der Waals surface area contributed by atoms with E-state index < -0.39 is 0 Å². The van der Waals surface area contributed by atoms with E-state index in [9.17, 15) is 4.79 Å². The van der Waals surface area contributed by atoms with Crippen LogP contribution in [-0.4, -0.2) is 42.0 Å². The van der Waals surface area contributed by atoms with Crippen LogP contribution in [0, 0.1) is 0 Å². The van der Waals surface area contributed by atoms with E-state index in [-0.39, 0.29) is 11.9 Å². The Morgan fingerprint density at radius 3 is 3.00 bits per heavy atom. The van der Waals surface area contributed by atoms with Crippen molar-refractivity contribution >= 4 is 17.0 Å². The topological polar surface area (TPSA) is 58.4 Å². The molecule has 2 aromatic rings. The number of likely N-dealkylation sites (tertiary alicyclic amines) is 1. The number of carbonyl (C=O) groups is 1. The van der Waals surface area contributed by atoms with E-state index in [1.54, 1.807) is 12.1 Å². The Morgan fingerprint density at radius 2 is 2.21 bits per heavy atom. The van der Waals surface area contributed by atoms with Crippen molar-refractivity contribution in [2.45, 2.75) is 18.9 Å². The SMILES string of the molecule is CN1CCC(NC(=O)c2ccc3ncoc3c2)CC1. The van der Waals surface area contributed by atoms with Gasteiger partial charge in [-0.25, -0.2) is 4.98 Å². The van der Waals surface area contributed by atoms with Gasteiger partial charge in [-0.2, -0.15) is 0 Å². The lowest BCUT2D eigenvalue weighted by Crippen LogP contribution is -2.43. The van der Waals surface area contributed by atoms with Crippen molar-refractivity contribution in [2.75, 3.05) is 20.1 Å². The van der Waals surface area contributed by atoms with Crippen LogP contribution in [-0.2, 0) is 0 Å². The molecule has 1 saturated heterocycles. The first-order chi connectivity index (χ1) is 9.22. The molecule has 1 aromatic carbocycles. The minimum atomic E-state index is -0.0344. The molecule has 5 nitrogen and oxygen atoms in total. The normalized spacial score (nSPS) is 17.7. The molecule has 0 bridgehead atoms. The first-order valence-corrected chi connectivity index (χ1v) is 6.55. The lowest BCUT2D eigenvalue weighted by molar-refractivity contribution is 0.0917. The molecule has 0 saturated carbocycles. The van der Waals surface area contributed by atoms with Crippen molar-refractivity contribution in [3.63, 3.8) is 0 Å². The van der Waals surface area contributed by atoms with Crippen LogP contribution in [0.25, 0.3) is 11.1 Å². The number of fused-ring (bicyclic) bond motifs is 1. The van der Waals surface area contributed by atoms with Gasteiger partial charge >= 0.3 is 0 Å². The van der Waals surface area contributed by atoms with Crippen molar-refractivity contribution in [3.8, 4) is 0 Å². The van der Waals surface area contributed by atoms with Gasteiger partial charge in [-0.3, -0.25) is 4.79 Å². The lowest BCUT2D eigenvalue weighted by Gasteiger charge is -2.29. The van der Waals surface area contributed by atoms with Gasteiger partial charge in [0.05, 0.1) is 0 Å². The summed E-state index contributed by atoms with van der Waals surface area (Å²) in [7, 11) is 2.11. The monoisotopic (exact) mass is 259 g/mol. The van der Waals surface area contributed by atoms with Gasteiger partial charge in [0.15, 0.2) is 12.0 Å². The van der Waals surface area contributed by atoms with E-state index in [0.717, 1.165) is 31.4 Å². The molecule has 2 heterocycles. The maximum absolute atomic E-state index is 12.2. The number of rotatable bonds is 2. The molecule has 19 heavy (non-hydrogen) atoms. The predicted molar refractivity (Wildman–Crippen MR) is 72.0 cm³/mol. The Labute approximate surface area is 111 Å². The summed E-state index contributed by atoms with van der Waals surface area (Å²) in [5.74, 6) is -0.0344. The molecular weight excluding hydrogens is 242 g/mol. The third kappa shape index (κ3) is 2.61. The summed E-state index contributed by atoms with van der Waals surface area (Å²) in [6.07, 6.45) is 3.41. The van der Waals surface area contributed by atoms with Crippen LogP contribution in [0.5, 0.6) is 0 Å². The fourth-order valence-electron chi connectivity index (χ4n) is 2.42. The highest BCUT2D eigenvalue weighted by Crippen LogP contribution is 2.15. The molecule has 0 unspecified atom stereocenters. The van der Waals surface area contributed by atoms with Crippen LogP contribution >= 0.6 is 0 Å². The van der Waals surface area contributed by atoms with Crippen LogP contribution in [0.4, 0.5) is 0 Å². The molecule has 100 valence electrons. The minimum absolute atomic E-state index is 0.0344. The van der Waals surface area contributed by atoms with E-state index >= 15 is 0 Å². The molecule has 1 aliphatic rings. The van der Waals surface area contributed by atoms with Gasteiger partial charge in [0, 0.05) is 11.6 Å². The third-order valence-electron chi connectivity index (χ3n) is 3.65. The molecule has 0 spiro atoms. The highest BCUT2D eigenvalue weighted by atomic mass is 16.3. The van der Waals surface area contributed by atoms with E-state index in [1.807, 2.05) is 6.07 Å². The summed E-state index contributed by atoms with van der Waals surface area (Å²) < 4.78 is 5.21. The molecule has 1 aliphatic heterocycles. The van der Waals surface area contributed by atoms with Crippen LogP contribution in [0.3, 0.4) is 0 Å². The molecule has 5 heteroatoms. The zero-order chi connectivity index (χ0) is 13.2. The van der Waals surface area contributed by atoms with Gasteiger partial charge < -0.3 is 14.6 Å². The smallest absolute Gasteiger partial charge is 0.251 e. The Balaban J connectivity index is 1.69. The summed E-state index contributed by atoms with van der Waals surface area (Å²) >= 11 is 0. The second-order valence-electron chi connectivity index (χ2n) is 5.09. The number of nitrogens with zero attached hydrogens (tertiary/aromatic N) is 2. The van der Waals surface area contributed by atoms with Crippen molar-refractivity contribution in [3.05, 3.63) is 30.2 Å². The second kappa shape index (κ2) is 5.01. The minimum Gasteiger partial charge on any atom is -0.443 e. The average Bonchev–Trinajstić information content (AvgIpc) is 2.88. The zero-order valence-electron chi connectivity index (χ0n) is 10.9. The lowest BCUT2D eigenvalue weighted by atomic mass is 10.0. The third-order valence-corrected chi connectivity index (χ3v) is 3.65. The molecule has 1 aromatic heterocycles. The Kier molecular flexibility index (Phi) is 3.21. The summed E-state index contributed by atoms with van der Waals surface area (Å²) in [5, 5.41) is 3.08. The van der Waals surface area contributed by atoms with Gasteiger partial charge in [-0.15, -0.1) is 0 Å². The molecule has 3 rings (SSSR count). The first kappa shape index (κ1) is 12.2. The zero-order valence-corrected chi connectivity index (χ0v) is 10.9. The Morgan fingerprint density at radius 1 is 1.42 bits per heavy atom. The summed E-state index contributed by atoms with van der Waals surface area (Å²) in [5.41, 5.74) is 2.05. The van der Waals surface area contributed by atoms with Crippen LogP contribution in [0.1, 0.15) is 23.2 Å².